The molecule has 15 aromatic carbocycles. The maximum atomic E-state index is 2.70. The molecule has 0 fully saturated rings. The van der Waals surface area contributed by atoms with Crippen molar-refractivity contribution in [2.24, 2.45) is 0 Å². The van der Waals surface area contributed by atoms with Gasteiger partial charge in [-0.3, -0.25) is 0 Å². The second-order valence-electron chi connectivity index (χ2n) is 25.4. The monoisotopic (exact) mass is 1190 g/mol. The lowest BCUT2D eigenvalue weighted by atomic mass is 9.34. The van der Waals surface area contributed by atoms with E-state index >= 15 is 0 Å². The van der Waals surface area contributed by atoms with Crippen LogP contribution in [0.2, 0.25) is 0 Å². The lowest BCUT2D eigenvalue weighted by Crippen LogP contribution is -2.60. The Balaban J connectivity index is 1.09. The molecular weight excluding hydrogens is 1130 g/mol. The fraction of sp³-hybridized carbons (Fsp3) is 0. The Bertz CT molecular complexity index is 6010. The molecule has 0 N–H and O–H groups in total. The fourth-order valence-electron chi connectivity index (χ4n) is 16.4. The minimum Gasteiger partial charge on any atom is -0.310 e. The molecule has 0 radical (unpaired) electrons. The third-order valence-corrected chi connectivity index (χ3v) is 20.4. The molecule has 3 nitrogen and oxygen atoms in total. The van der Waals surface area contributed by atoms with Crippen LogP contribution in [0.4, 0.5) is 0 Å². The SMILES string of the molecule is c1ccc(-c2ccc3c(c2)c2ccccc2c2ccccc2n2c4c(cc(-c5ccccc5)cc34)B3c4c-2cc(-n2c5ccccc5c5ccccc52)cc4-n2c4ccccc4c4ccccc4c4cc(-c5ccccc5)ccc4c4cc(-c5ccccc5)cc3c42)cc1. The van der Waals surface area contributed by atoms with Gasteiger partial charge in [-0.25, -0.2) is 0 Å². The second kappa shape index (κ2) is 20.6. The highest BCUT2D eigenvalue weighted by atomic mass is 15.1. The van der Waals surface area contributed by atoms with Gasteiger partial charge >= 0.3 is 0 Å². The molecule has 0 saturated carbocycles. The molecule has 0 aliphatic carbocycles. The van der Waals surface area contributed by atoms with Crippen LogP contribution < -0.4 is 16.4 Å². The molecule has 3 aromatic heterocycles. The summed E-state index contributed by atoms with van der Waals surface area (Å²) >= 11 is 0. The molecule has 20 rings (SSSR count). The Labute approximate surface area is 543 Å². The molecule has 0 bridgehead atoms. The van der Waals surface area contributed by atoms with E-state index in [-0.39, 0.29) is 6.71 Å². The van der Waals surface area contributed by atoms with Crippen molar-refractivity contribution in [3.63, 3.8) is 0 Å². The third-order valence-electron chi connectivity index (χ3n) is 20.4. The lowest BCUT2D eigenvalue weighted by Gasteiger charge is -2.37. The number of hydrogen-bond donors (Lipinski definition) is 0. The molecule has 0 atom stereocenters. The zero-order valence-electron chi connectivity index (χ0n) is 51.3. The molecule has 2 aliphatic rings. The van der Waals surface area contributed by atoms with E-state index < -0.39 is 0 Å². The summed E-state index contributed by atoms with van der Waals surface area (Å²) in [6.45, 7) is -0.288. The van der Waals surface area contributed by atoms with Gasteiger partial charge in [0.05, 0.1) is 27.8 Å². The van der Waals surface area contributed by atoms with Gasteiger partial charge in [0, 0.05) is 54.7 Å². The van der Waals surface area contributed by atoms with E-state index in [1.165, 1.54) is 137 Å². The number of aromatic nitrogens is 3. The van der Waals surface area contributed by atoms with Crippen molar-refractivity contribution in [2.75, 3.05) is 0 Å². The summed E-state index contributed by atoms with van der Waals surface area (Å²) in [5.41, 5.74) is 23.4. The summed E-state index contributed by atoms with van der Waals surface area (Å²) in [5, 5.41) is 16.6. The Morgan fingerprint density at radius 2 is 0.457 bits per heavy atom. The Kier molecular flexibility index (Phi) is 11.5. The molecule has 0 unspecified atom stereocenters. The van der Waals surface area contributed by atoms with Crippen molar-refractivity contribution in [1.82, 2.24) is 13.7 Å². The molecular formula is C90H56BN3. The third kappa shape index (κ3) is 7.81. The van der Waals surface area contributed by atoms with Gasteiger partial charge in [-0.2, -0.15) is 0 Å². The van der Waals surface area contributed by atoms with Crippen molar-refractivity contribution in [2.45, 2.75) is 0 Å². The predicted molar refractivity (Wildman–Crippen MR) is 401 cm³/mol. The molecule has 0 spiro atoms. The smallest absolute Gasteiger partial charge is 0.252 e. The Morgan fingerprint density at radius 3 is 0.830 bits per heavy atom. The van der Waals surface area contributed by atoms with Gasteiger partial charge in [-0.1, -0.05) is 279 Å². The molecule has 18 aromatic rings. The normalized spacial score (nSPS) is 12.2. The van der Waals surface area contributed by atoms with E-state index in [0.717, 1.165) is 49.9 Å². The zero-order valence-corrected chi connectivity index (χ0v) is 51.3. The lowest BCUT2D eigenvalue weighted by molar-refractivity contribution is 1.10. The van der Waals surface area contributed by atoms with E-state index in [1.54, 1.807) is 0 Å². The minimum atomic E-state index is -0.288. The Morgan fingerprint density at radius 1 is 0.181 bits per heavy atom. The largest absolute Gasteiger partial charge is 0.310 e. The van der Waals surface area contributed by atoms with E-state index in [4.69, 9.17) is 0 Å². The summed E-state index contributed by atoms with van der Waals surface area (Å²) in [6, 6.07) is 128. The van der Waals surface area contributed by atoms with Crippen molar-refractivity contribution < 1.29 is 0 Å². The quantitative estimate of drug-likeness (QED) is 0.153. The first kappa shape index (κ1) is 52.5. The summed E-state index contributed by atoms with van der Waals surface area (Å²) in [5.74, 6) is 0. The van der Waals surface area contributed by atoms with Crippen LogP contribution in [-0.2, 0) is 0 Å². The molecule has 434 valence electrons. The van der Waals surface area contributed by atoms with Crippen molar-refractivity contribution >= 4 is 132 Å². The standard InChI is InChI=1S/C90H56BN3/c1-5-25-57(26-6-1)61-45-47-70-76(49-61)68-35-15-13-33-66(68)72-37-17-23-43-84(72)93-86-55-65(92-82-41-21-19-39-74(82)75-40-20-22-42-83(75)92)56-87-88(86)91(80-53-63(51-78(70)89(80)93)59-29-9-3-10-30-59)81-54-64(60-31-11-4-12-32-60)52-79-71-48-46-62(58-27-7-2-8-28-58)50-77(71)69-36-16-14-34-67(69)73-38-18-24-44-85(73)94(87)90(79)81/h1-56H. The van der Waals surface area contributed by atoms with E-state index in [1.807, 2.05) is 0 Å². The van der Waals surface area contributed by atoms with Crippen LogP contribution >= 0.6 is 0 Å². The second-order valence-corrected chi connectivity index (χ2v) is 25.4. The molecule has 4 heteroatoms. The highest BCUT2D eigenvalue weighted by Crippen LogP contribution is 2.45. The number of hydrogen-bond acceptors (Lipinski definition) is 0. The summed E-state index contributed by atoms with van der Waals surface area (Å²) < 4.78 is 7.93. The minimum absolute atomic E-state index is 0.288. The van der Waals surface area contributed by atoms with Gasteiger partial charge in [0.15, 0.2) is 0 Å². The number of rotatable bonds is 5. The van der Waals surface area contributed by atoms with Gasteiger partial charge in [0.1, 0.15) is 0 Å². The number of benzene rings is 15. The van der Waals surface area contributed by atoms with E-state index in [2.05, 4.69) is 353 Å². The average molecular weight is 1190 g/mol. The van der Waals surface area contributed by atoms with Crippen LogP contribution in [-0.4, -0.2) is 20.4 Å². The van der Waals surface area contributed by atoms with Gasteiger partial charge in [0.2, 0.25) is 0 Å². The molecule has 94 heavy (non-hydrogen) atoms. The van der Waals surface area contributed by atoms with Crippen LogP contribution in [0.5, 0.6) is 0 Å². The zero-order chi connectivity index (χ0) is 61.5. The highest BCUT2D eigenvalue weighted by Gasteiger charge is 2.41. The Hall–Kier alpha value is -12.2. The van der Waals surface area contributed by atoms with Crippen LogP contribution in [0.3, 0.4) is 0 Å². The molecule has 0 saturated heterocycles. The molecule has 2 aliphatic heterocycles. The van der Waals surface area contributed by atoms with Gasteiger partial charge < -0.3 is 13.7 Å². The van der Waals surface area contributed by atoms with Crippen LogP contribution in [0.15, 0.2) is 340 Å². The van der Waals surface area contributed by atoms with Gasteiger partial charge in [0.25, 0.3) is 6.71 Å². The average Bonchev–Trinajstić information content (AvgIpc) is 1.02. The predicted octanol–water partition coefficient (Wildman–Crippen LogP) is 21.7. The summed E-state index contributed by atoms with van der Waals surface area (Å²) in [4.78, 5) is 0. The maximum absolute atomic E-state index is 2.70. The first-order chi connectivity index (χ1) is 46.7. The maximum Gasteiger partial charge on any atom is 0.252 e. The number of fused-ring (bicyclic) bond motifs is 21. The van der Waals surface area contributed by atoms with Gasteiger partial charge in [-0.05, 0) is 165 Å². The number of nitrogens with zero attached hydrogens (tertiary/aromatic N) is 3. The van der Waals surface area contributed by atoms with Crippen molar-refractivity contribution in [3.8, 4) is 61.6 Å². The van der Waals surface area contributed by atoms with Crippen molar-refractivity contribution in [1.29, 1.82) is 0 Å². The number of para-hydroxylation sites is 4. The van der Waals surface area contributed by atoms with Crippen LogP contribution in [0, 0.1) is 0 Å². The van der Waals surface area contributed by atoms with E-state index in [0.29, 0.717) is 0 Å². The first-order valence-corrected chi connectivity index (χ1v) is 32.7. The molecule has 5 heterocycles. The molecule has 0 amide bonds. The van der Waals surface area contributed by atoms with Gasteiger partial charge in [-0.15, -0.1) is 0 Å². The van der Waals surface area contributed by atoms with E-state index in [9.17, 15) is 0 Å². The first-order valence-electron chi connectivity index (χ1n) is 32.7. The summed E-state index contributed by atoms with van der Waals surface area (Å²) in [6.07, 6.45) is 0. The summed E-state index contributed by atoms with van der Waals surface area (Å²) in [7, 11) is 0. The van der Waals surface area contributed by atoms with Crippen molar-refractivity contribution in [3.05, 3.63) is 340 Å². The van der Waals surface area contributed by atoms with Crippen LogP contribution in [0.1, 0.15) is 0 Å². The van der Waals surface area contributed by atoms with Crippen LogP contribution in [0.25, 0.3) is 170 Å². The highest BCUT2D eigenvalue weighted by molar-refractivity contribution is 7.00. The fourth-order valence-corrected chi connectivity index (χ4v) is 16.4. The topological polar surface area (TPSA) is 14.8 Å².